The van der Waals surface area contributed by atoms with Crippen LogP contribution in [0.5, 0.6) is 0 Å². The molecule has 0 saturated carbocycles. The zero-order valence-electron chi connectivity index (χ0n) is 7.17. The molecule has 11 heavy (non-hydrogen) atoms. The van der Waals surface area contributed by atoms with E-state index >= 15 is 0 Å². The fourth-order valence-electron chi connectivity index (χ4n) is 1.07. The predicted molar refractivity (Wildman–Crippen MR) is 46.3 cm³/mol. The van der Waals surface area contributed by atoms with Crippen LogP contribution in [0.15, 0.2) is 6.20 Å². The first-order valence-corrected chi connectivity index (χ1v) is 4.09. The van der Waals surface area contributed by atoms with E-state index in [4.69, 9.17) is 5.73 Å². The summed E-state index contributed by atoms with van der Waals surface area (Å²) in [6.45, 7) is 5.08. The SMILES string of the molecule is CCCc1nn(CC)cc1N. The third-order valence-corrected chi connectivity index (χ3v) is 1.68. The second-order valence-electron chi connectivity index (χ2n) is 2.64. The molecule has 0 aliphatic heterocycles. The van der Waals surface area contributed by atoms with Crippen molar-refractivity contribution in [3.05, 3.63) is 11.9 Å². The minimum atomic E-state index is 0.828. The van der Waals surface area contributed by atoms with Crippen molar-refractivity contribution in [3.63, 3.8) is 0 Å². The van der Waals surface area contributed by atoms with Crippen LogP contribution >= 0.6 is 0 Å². The lowest BCUT2D eigenvalue weighted by Gasteiger charge is -1.92. The van der Waals surface area contributed by atoms with Crippen molar-refractivity contribution in [1.29, 1.82) is 0 Å². The zero-order valence-corrected chi connectivity index (χ0v) is 7.17. The molecule has 0 spiro atoms. The molecule has 1 rings (SSSR count). The Morgan fingerprint density at radius 2 is 2.27 bits per heavy atom. The summed E-state index contributed by atoms with van der Waals surface area (Å²) in [5.74, 6) is 0. The number of anilines is 1. The maximum absolute atomic E-state index is 5.72. The molecular formula is C8H15N3. The Balaban J connectivity index is 2.79. The van der Waals surface area contributed by atoms with Crippen molar-refractivity contribution >= 4 is 5.69 Å². The lowest BCUT2D eigenvalue weighted by molar-refractivity contribution is 0.644. The molecular weight excluding hydrogens is 138 g/mol. The molecule has 1 heterocycles. The second kappa shape index (κ2) is 3.42. The van der Waals surface area contributed by atoms with Crippen LogP contribution in [0.1, 0.15) is 26.0 Å². The van der Waals surface area contributed by atoms with Gasteiger partial charge in [0.1, 0.15) is 0 Å². The summed E-state index contributed by atoms with van der Waals surface area (Å²) in [6.07, 6.45) is 3.98. The fourth-order valence-corrected chi connectivity index (χ4v) is 1.07. The van der Waals surface area contributed by atoms with Crippen molar-refractivity contribution in [2.24, 2.45) is 0 Å². The van der Waals surface area contributed by atoms with Crippen LogP contribution in [0.2, 0.25) is 0 Å². The second-order valence-corrected chi connectivity index (χ2v) is 2.64. The Kier molecular flexibility index (Phi) is 2.52. The summed E-state index contributed by atoms with van der Waals surface area (Å²) in [5.41, 5.74) is 7.58. The van der Waals surface area contributed by atoms with E-state index in [-0.39, 0.29) is 0 Å². The van der Waals surface area contributed by atoms with Gasteiger partial charge < -0.3 is 5.73 Å². The van der Waals surface area contributed by atoms with Gasteiger partial charge in [-0.1, -0.05) is 13.3 Å². The van der Waals surface area contributed by atoms with E-state index < -0.39 is 0 Å². The van der Waals surface area contributed by atoms with Gasteiger partial charge in [-0.05, 0) is 13.3 Å². The van der Waals surface area contributed by atoms with E-state index in [2.05, 4.69) is 18.9 Å². The quantitative estimate of drug-likeness (QED) is 0.714. The van der Waals surface area contributed by atoms with Gasteiger partial charge in [0, 0.05) is 12.7 Å². The number of rotatable bonds is 3. The number of aryl methyl sites for hydroxylation is 2. The average molecular weight is 153 g/mol. The first-order valence-electron chi connectivity index (χ1n) is 4.09. The normalized spacial score (nSPS) is 10.4. The van der Waals surface area contributed by atoms with E-state index in [1.54, 1.807) is 0 Å². The van der Waals surface area contributed by atoms with E-state index in [0.29, 0.717) is 0 Å². The van der Waals surface area contributed by atoms with Crippen molar-refractivity contribution in [2.45, 2.75) is 33.2 Å². The van der Waals surface area contributed by atoms with E-state index in [0.717, 1.165) is 30.8 Å². The smallest absolute Gasteiger partial charge is 0.0853 e. The van der Waals surface area contributed by atoms with Gasteiger partial charge in [-0.15, -0.1) is 0 Å². The van der Waals surface area contributed by atoms with Crippen molar-refractivity contribution in [2.75, 3.05) is 5.73 Å². The molecule has 0 saturated heterocycles. The number of nitrogens with zero attached hydrogens (tertiary/aromatic N) is 2. The third kappa shape index (κ3) is 1.73. The molecule has 3 nitrogen and oxygen atoms in total. The maximum atomic E-state index is 5.72. The highest BCUT2D eigenvalue weighted by atomic mass is 15.3. The van der Waals surface area contributed by atoms with Gasteiger partial charge in [-0.2, -0.15) is 5.10 Å². The zero-order chi connectivity index (χ0) is 8.27. The first kappa shape index (κ1) is 8.11. The van der Waals surface area contributed by atoms with Crippen LogP contribution in [0.4, 0.5) is 5.69 Å². The molecule has 0 amide bonds. The maximum Gasteiger partial charge on any atom is 0.0853 e. The minimum Gasteiger partial charge on any atom is -0.396 e. The summed E-state index contributed by atoms with van der Waals surface area (Å²) in [7, 11) is 0. The van der Waals surface area contributed by atoms with Crippen LogP contribution in [-0.2, 0) is 13.0 Å². The Morgan fingerprint density at radius 1 is 1.55 bits per heavy atom. The molecule has 0 bridgehead atoms. The lowest BCUT2D eigenvalue weighted by Crippen LogP contribution is -1.95. The standard InChI is InChI=1S/C8H15N3/c1-3-5-8-7(9)6-11(4-2)10-8/h6H,3-5,9H2,1-2H3. The fraction of sp³-hybridized carbons (Fsp3) is 0.625. The van der Waals surface area contributed by atoms with Gasteiger partial charge in [0.15, 0.2) is 0 Å². The van der Waals surface area contributed by atoms with E-state index in [1.165, 1.54) is 0 Å². The molecule has 0 radical (unpaired) electrons. The van der Waals surface area contributed by atoms with Gasteiger partial charge in [0.2, 0.25) is 0 Å². The molecule has 0 fully saturated rings. The molecule has 0 aliphatic carbocycles. The number of hydrogen-bond acceptors (Lipinski definition) is 2. The summed E-state index contributed by atoms with van der Waals surface area (Å²) < 4.78 is 1.88. The van der Waals surface area contributed by atoms with Crippen molar-refractivity contribution in [3.8, 4) is 0 Å². The van der Waals surface area contributed by atoms with Gasteiger partial charge in [0.05, 0.1) is 11.4 Å². The summed E-state index contributed by atoms with van der Waals surface area (Å²) in [4.78, 5) is 0. The van der Waals surface area contributed by atoms with Gasteiger partial charge in [-0.3, -0.25) is 4.68 Å². The molecule has 3 heteroatoms. The van der Waals surface area contributed by atoms with Crippen molar-refractivity contribution in [1.82, 2.24) is 9.78 Å². The van der Waals surface area contributed by atoms with Crippen LogP contribution in [0.3, 0.4) is 0 Å². The van der Waals surface area contributed by atoms with E-state index in [1.807, 2.05) is 10.9 Å². The minimum absolute atomic E-state index is 0.828. The van der Waals surface area contributed by atoms with Gasteiger partial charge in [0.25, 0.3) is 0 Å². The highest BCUT2D eigenvalue weighted by Gasteiger charge is 2.02. The molecule has 0 atom stereocenters. The molecule has 0 aromatic carbocycles. The molecule has 1 aromatic heterocycles. The Hall–Kier alpha value is -0.990. The average Bonchev–Trinajstić information content (AvgIpc) is 2.33. The Morgan fingerprint density at radius 3 is 2.73 bits per heavy atom. The van der Waals surface area contributed by atoms with Crippen LogP contribution < -0.4 is 5.73 Å². The summed E-state index contributed by atoms with van der Waals surface area (Å²) in [5, 5.41) is 4.31. The molecule has 0 aliphatic rings. The van der Waals surface area contributed by atoms with Crippen LogP contribution in [0, 0.1) is 0 Å². The summed E-state index contributed by atoms with van der Waals surface area (Å²) in [6, 6.07) is 0. The van der Waals surface area contributed by atoms with E-state index in [9.17, 15) is 0 Å². The molecule has 1 aromatic rings. The predicted octanol–water partition coefficient (Wildman–Crippen LogP) is 1.44. The third-order valence-electron chi connectivity index (χ3n) is 1.68. The number of nitrogens with two attached hydrogens (primary N) is 1. The highest BCUT2D eigenvalue weighted by Crippen LogP contribution is 2.10. The number of nitrogen functional groups attached to an aromatic ring is 1. The monoisotopic (exact) mass is 153 g/mol. The van der Waals surface area contributed by atoms with Gasteiger partial charge in [-0.25, -0.2) is 0 Å². The van der Waals surface area contributed by atoms with Crippen LogP contribution in [-0.4, -0.2) is 9.78 Å². The largest absolute Gasteiger partial charge is 0.396 e. The Labute approximate surface area is 67.2 Å². The Bertz CT molecular complexity index is 227. The number of hydrogen-bond donors (Lipinski definition) is 1. The highest BCUT2D eigenvalue weighted by molar-refractivity contribution is 5.40. The first-order chi connectivity index (χ1) is 5.27. The van der Waals surface area contributed by atoms with Crippen LogP contribution in [0.25, 0.3) is 0 Å². The molecule has 2 N–H and O–H groups in total. The van der Waals surface area contributed by atoms with Gasteiger partial charge >= 0.3 is 0 Å². The topological polar surface area (TPSA) is 43.8 Å². The number of aromatic nitrogens is 2. The summed E-state index contributed by atoms with van der Waals surface area (Å²) >= 11 is 0. The molecule has 0 unspecified atom stereocenters. The molecule has 62 valence electrons. The van der Waals surface area contributed by atoms with Crippen molar-refractivity contribution < 1.29 is 0 Å². The lowest BCUT2D eigenvalue weighted by atomic mass is 10.2.